The summed E-state index contributed by atoms with van der Waals surface area (Å²) in [5.41, 5.74) is 1.23. The molecule has 0 spiro atoms. The van der Waals surface area contributed by atoms with Crippen molar-refractivity contribution in [2.24, 2.45) is 0 Å². The summed E-state index contributed by atoms with van der Waals surface area (Å²) in [5.74, 6) is 0.829. The van der Waals surface area contributed by atoms with Gasteiger partial charge in [-0.25, -0.2) is 4.79 Å². The highest BCUT2D eigenvalue weighted by Crippen LogP contribution is 2.16. The van der Waals surface area contributed by atoms with E-state index in [-0.39, 0.29) is 6.03 Å². The number of carbonyl (C=O) groups excluding carboxylic acids is 1. The third-order valence-electron chi connectivity index (χ3n) is 3.71. The zero-order valence-corrected chi connectivity index (χ0v) is 15.3. The topological polar surface area (TPSA) is 74.2 Å². The lowest BCUT2D eigenvalue weighted by Crippen LogP contribution is -2.29. The van der Waals surface area contributed by atoms with E-state index in [1.807, 2.05) is 30.3 Å². The van der Waals surface area contributed by atoms with Gasteiger partial charge in [0, 0.05) is 17.3 Å². The highest BCUT2D eigenvalue weighted by molar-refractivity contribution is 6.30. The van der Waals surface area contributed by atoms with Gasteiger partial charge in [0.1, 0.15) is 5.75 Å². The zero-order chi connectivity index (χ0) is 18.6. The van der Waals surface area contributed by atoms with Gasteiger partial charge in [-0.3, -0.25) is 0 Å². The monoisotopic (exact) mass is 371 g/mol. The minimum atomic E-state index is -0.235. The van der Waals surface area contributed by atoms with Crippen molar-refractivity contribution in [3.05, 3.63) is 59.1 Å². The number of unbranched alkanes of at least 4 members (excludes halogenated alkanes) is 3. The van der Waals surface area contributed by atoms with E-state index < -0.39 is 0 Å². The molecule has 0 aliphatic carbocycles. The van der Waals surface area contributed by atoms with Gasteiger partial charge in [0.2, 0.25) is 0 Å². The molecule has 0 saturated carbocycles. The number of amides is 2. The molecule has 5 nitrogen and oxygen atoms in total. The van der Waals surface area contributed by atoms with Crippen LogP contribution < -0.4 is 15.4 Å². The molecule has 0 aliphatic rings. The van der Waals surface area contributed by atoms with E-state index in [2.05, 4.69) is 10.6 Å². The molecule has 0 aliphatic heterocycles. The molecule has 0 heterocycles. The molecule has 2 aromatic carbocycles. The van der Waals surface area contributed by atoms with Crippen LogP contribution in [0.15, 0.2) is 48.5 Å². The van der Waals surface area contributed by atoms with Crippen molar-refractivity contribution in [1.29, 1.82) is 5.26 Å². The summed E-state index contributed by atoms with van der Waals surface area (Å²) in [4.78, 5) is 11.8. The Hall–Kier alpha value is -2.71. The second-order valence-corrected chi connectivity index (χ2v) is 6.22. The average Bonchev–Trinajstić information content (AvgIpc) is 2.66. The number of nitrogens with one attached hydrogen (secondary N) is 2. The summed E-state index contributed by atoms with van der Waals surface area (Å²) < 4.78 is 5.63. The minimum absolute atomic E-state index is 0.235. The predicted molar refractivity (Wildman–Crippen MR) is 104 cm³/mol. The summed E-state index contributed by atoms with van der Waals surface area (Å²) in [5, 5.41) is 15.0. The summed E-state index contributed by atoms with van der Waals surface area (Å²) >= 11 is 5.82. The molecule has 26 heavy (non-hydrogen) atoms. The molecule has 0 saturated heterocycles. The number of halogens is 1. The first-order chi connectivity index (χ1) is 12.7. The van der Waals surface area contributed by atoms with E-state index in [9.17, 15) is 4.79 Å². The lowest BCUT2D eigenvalue weighted by atomic mass is 10.2. The van der Waals surface area contributed by atoms with Crippen LogP contribution in [0.3, 0.4) is 0 Å². The van der Waals surface area contributed by atoms with E-state index in [4.69, 9.17) is 21.6 Å². The molecule has 136 valence electrons. The zero-order valence-electron chi connectivity index (χ0n) is 14.5. The van der Waals surface area contributed by atoms with E-state index >= 15 is 0 Å². The Morgan fingerprint density at radius 1 is 1.00 bits per heavy atom. The van der Waals surface area contributed by atoms with Crippen LogP contribution >= 0.6 is 11.6 Å². The quantitative estimate of drug-likeness (QED) is 0.611. The minimum Gasteiger partial charge on any atom is -0.494 e. The molecule has 2 rings (SSSR count). The average molecular weight is 372 g/mol. The molecule has 0 unspecified atom stereocenters. The van der Waals surface area contributed by atoms with Crippen molar-refractivity contribution in [3.63, 3.8) is 0 Å². The number of rotatable bonds is 9. The summed E-state index contributed by atoms with van der Waals surface area (Å²) in [6.07, 6.45) is 3.97. The molecule has 0 aromatic heterocycles. The van der Waals surface area contributed by atoms with Crippen molar-refractivity contribution in [3.8, 4) is 11.8 Å². The van der Waals surface area contributed by atoms with Crippen LogP contribution in [-0.2, 0) is 0 Å². The number of benzene rings is 2. The molecular weight excluding hydrogens is 350 g/mol. The van der Waals surface area contributed by atoms with E-state index in [0.29, 0.717) is 29.4 Å². The van der Waals surface area contributed by atoms with E-state index in [1.54, 1.807) is 24.3 Å². The second kappa shape index (κ2) is 11.0. The predicted octanol–water partition coefficient (Wildman–Crippen LogP) is 4.97. The number of nitriles is 1. The standard InChI is InChI=1S/C20H22ClN3O2/c21-17-7-11-19(12-8-17)26-14-4-2-1-3-13-23-20(25)24-18-9-5-16(15-22)6-10-18/h5-12H,1-4,13-14H2,(H2,23,24,25). The molecule has 0 atom stereocenters. The van der Waals surface area contributed by atoms with Crippen LogP contribution in [0.5, 0.6) is 5.75 Å². The fourth-order valence-electron chi connectivity index (χ4n) is 2.31. The number of urea groups is 1. The highest BCUT2D eigenvalue weighted by atomic mass is 35.5. The second-order valence-electron chi connectivity index (χ2n) is 5.79. The third kappa shape index (κ3) is 7.45. The smallest absolute Gasteiger partial charge is 0.319 e. The Labute approximate surface area is 158 Å². The van der Waals surface area contributed by atoms with Gasteiger partial charge in [-0.05, 0) is 61.4 Å². The molecular formula is C20H22ClN3O2. The van der Waals surface area contributed by atoms with Crippen molar-refractivity contribution in [2.75, 3.05) is 18.5 Å². The SMILES string of the molecule is N#Cc1ccc(NC(=O)NCCCCCCOc2ccc(Cl)cc2)cc1. The van der Waals surface area contributed by atoms with Crippen molar-refractivity contribution >= 4 is 23.3 Å². The van der Waals surface area contributed by atoms with Crippen molar-refractivity contribution < 1.29 is 9.53 Å². The van der Waals surface area contributed by atoms with Gasteiger partial charge in [0.25, 0.3) is 0 Å². The number of hydrogen-bond acceptors (Lipinski definition) is 3. The lowest BCUT2D eigenvalue weighted by molar-refractivity contribution is 0.251. The Bertz CT molecular complexity index is 724. The van der Waals surface area contributed by atoms with Gasteiger partial charge in [0.15, 0.2) is 0 Å². The first-order valence-corrected chi connectivity index (χ1v) is 8.98. The summed E-state index contributed by atoms with van der Waals surface area (Å²) in [6, 6.07) is 15.9. The van der Waals surface area contributed by atoms with Crippen LogP contribution in [0.1, 0.15) is 31.2 Å². The highest BCUT2D eigenvalue weighted by Gasteiger charge is 2.01. The van der Waals surface area contributed by atoms with Crippen LogP contribution in [0.4, 0.5) is 10.5 Å². The van der Waals surface area contributed by atoms with Crippen LogP contribution in [0, 0.1) is 11.3 Å². The fourth-order valence-corrected chi connectivity index (χ4v) is 2.43. The molecule has 2 aromatic rings. The van der Waals surface area contributed by atoms with Crippen LogP contribution in [0.2, 0.25) is 5.02 Å². The number of nitrogens with zero attached hydrogens (tertiary/aromatic N) is 1. The van der Waals surface area contributed by atoms with Crippen LogP contribution in [-0.4, -0.2) is 19.2 Å². The van der Waals surface area contributed by atoms with Gasteiger partial charge in [-0.2, -0.15) is 5.26 Å². The molecule has 0 radical (unpaired) electrons. The Morgan fingerprint density at radius 3 is 2.38 bits per heavy atom. The van der Waals surface area contributed by atoms with Gasteiger partial charge < -0.3 is 15.4 Å². The number of ether oxygens (including phenoxy) is 1. The maximum Gasteiger partial charge on any atom is 0.319 e. The molecule has 0 fully saturated rings. The normalized spacial score (nSPS) is 10.0. The Kier molecular flexibility index (Phi) is 8.31. The van der Waals surface area contributed by atoms with Gasteiger partial charge in [-0.15, -0.1) is 0 Å². The molecule has 6 heteroatoms. The third-order valence-corrected chi connectivity index (χ3v) is 3.96. The van der Waals surface area contributed by atoms with Crippen molar-refractivity contribution in [2.45, 2.75) is 25.7 Å². The first kappa shape index (κ1) is 19.6. The van der Waals surface area contributed by atoms with Crippen molar-refractivity contribution in [1.82, 2.24) is 5.32 Å². The number of hydrogen-bond donors (Lipinski definition) is 2. The summed E-state index contributed by atoms with van der Waals surface area (Å²) in [7, 11) is 0. The Balaban J connectivity index is 1.48. The largest absolute Gasteiger partial charge is 0.494 e. The van der Waals surface area contributed by atoms with Crippen LogP contribution in [0.25, 0.3) is 0 Å². The van der Waals surface area contributed by atoms with Gasteiger partial charge >= 0.3 is 6.03 Å². The van der Waals surface area contributed by atoms with E-state index in [1.165, 1.54) is 0 Å². The first-order valence-electron chi connectivity index (χ1n) is 8.61. The Morgan fingerprint density at radius 2 is 1.69 bits per heavy atom. The number of carbonyl (C=O) groups is 1. The van der Waals surface area contributed by atoms with Gasteiger partial charge in [0.05, 0.1) is 18.2 Å². The van der Waals surface area contributed by atoms with Gasteiger partial charge in [-0.1, -0.05) is 24.4 Å². The summed E-state index contributed by atoms with van der Waals surface area (Å²) in [6.45, 7) is 1.30. The maximum absolute atomic E-state index is 11.8. The molecule has 2 amide bonds. The number of anilines is 1. The molecule has 2 N–H and O–H groups in total. The molecule has 0 bridgehead atoms. The fraction of sp³-hybridized carbons (Fsp3) is 0.300. The van der Waals surface area contributed by atoms with E-state index in [0.717, 1.165) is 31.4 Å². The lowest BCUT2D eigenvalue weighted by Gasteiger charge is -2.08. The maximum atomic E-state index is 11.8.